The molecule has 7 unspecified atom stereocenters. The predicted octanol–water partition coefficient (Wildman–Crippen LogP) is 6.37. The lowest BCUT2D eigenvalue weighted by atomic mass is 9.62. The summed E-state index contributed by atoms with van der Waals surface area (Å²) < 4.78 is 70.1. The first kappa shape index (κ1) is 79.7. The van der Waals surface area contributed by atoms with Crippen LogP contribution in [0.3, 0.4) is 0 Å². The van der Waals surface area contributed by atoms with E-state index >= 15 is 9.59 Å². The zero-order chi connectivity index (χ0) is 70.2. The fourth-order valence-corrected chi connectivity index (χ4v) is 6.98. The summed E-state index contributed by atoms with van der Waals surface area (Å²) in [5, 5.41) is 12.7. The van der Waals surface area contributed by atoms with Gasteiger partial charge in [0.15, 0.2) is 42.7 Å². The van der Waals surface area contributed by atoms with Gasteiger partial charge < -0.3 is 61.9 Å². The molecule has 0 rings (SSSR count). The minimum absolute atomic E-state index is 0.349. The van der Waals surface area contributed by atoms with E-state index in [1.165, 1.54) is 0 Å². The minimum atomic E-state index is -4.09. The van der Waals surface area contributed by atoms with Crippen molar-refractivity contribution in [2.75, 3.05) is 33.0 Å². The average molecular weight is 1260 g/mol. The van der Waals surface area contributed by atoms with E-state index in [0.717, 1.165) is 83.1 Å². The van der Waals surface area contributed by atoms with E-state index in [1.54, 1.807) is 0 Å². The highest BCUT2D eigenvalue weighted by Crippen LogP contribution is 2.51. The van der Waals surface area contributed by atoms with Crippen molar-refractivity contribution in [3.63, 3.8) is 0 Å². The van der Waals surface area contributed by atoms with Crippen LogP contribution in [-0.2, 0) is 119 Å². The standard InChI is InChI=1S/C64H78O26/c1-30(2)52(67)79-25-42(84-57(72)35(11)12)47(43(85-58(73)36(13)14)26-80-53(68)31(3)4)48(51(65)66)64(45(87-60(75)38(17)18)28-82-55(70)33(7)8,46(88-61(76)39(19)20)29-83-56(71)34(9)10)50(90-63(78)41(23)24)49(89-62(77)40(21)22)44(86-59(74)37(15)16)27-81-54(69)32(5)6/h42-46,49-50H,1,3,5,7,9,11,13,15,17,19,21,23,25-29H2,2,4,6,8,10,12,14,16,18,20,22,24H3,(H,65,66). The molecule has 0 aliphatic carbocycles. The molecule has 26 nitrogen and oxygen atoms in total. The highest BCUT2D eigenvalue weighted by molar-refractivity contribution is 5.96. The average Bonchev–Trinajstić information content (AvgIpc) is 0.720. The molecular weight excluding hydrogens is 1180 g/mol. The zero-order valence-electron chi connectivity index (χ0n) is 52.7. The SMILES string of the molecule is C=C(C)C(=O)OCC(OC(=O)C(=C)C)C(=C(C(=O)O)C(C(COC(=O)C(=C)C)OC(=O)C(=C)C)(C(COC(=O)C(=C)C)OC(=O)C(=C)C)C(OC(=O)C(=C)C)C(OC(=O)C(=C)C)C(COC(=O)C(=C)C)OC(=O)C(=C)C)C(COC(=O)C(=C)C)OC(=O)C(=C)C. The number of hydrogen-bond donors (Lipinski definition) is 1. The van der Waals surface area contributed by atoms with Crippen LogP contribution in [0.25, 0.3) is 0 Å². The van der Waals surface area contributed by atoms with E-state index in [4.69, 9.17) is 56.8 Å². The monoisotopic (exact) mass is 1260 g/mol. The molecular formula is C64H78O26. The number of hydrogen-bond acceptors (Lipinski definition) is 25. The smallest absolute Gasteiger partial charge is 0.333 e. The first-order valence-electron chi connectivity index (χ1n) is 26.6. The van der Waals surface area contributed by atoms with Gasteiger partial charge in [-0.2, -0.15) is 0 Å². The zero-order valence-corrected chi connectivity index (χ0v) is 52.7. The van der Waals surface area contributed by atoms with Crippen LogP contribution in [0.15, 0.2) is 157 Å². The van der Waals surface area contributed by atoms with Crippen molar-refractivity contribution in [3.05, 3.63) is 157 Å². The summed E-state index contributed by atoms with van der Waals surface area (Å²) in [5.41, 5.74) is -13.4. The Morgan fingerprint density at radius 2 is 0.533 bits per heavy atom. The van der Waals surface area contributed by atoms with Crippen molar-refractivity contribution in [3.8, 4) is 0 Å². The molecule has 26 heteroatoms. The van der Waals surface area contributed by atoms with Gasteiger partial charge in [0, 0.05) is 72.5 Å². The summed E-state index contributed by atoms with van der Waals surface area (Å²) in [7, 11) is 0. The molecule has 0 heterocycles. The predicted molar refractivity (Wildman–Crippen MR) is 319 cm³/mol. The largest absolute Gasteiger partial charge is 0.478 e. The molecule has 0 aromatic heterocycles. The maximum atomic E-state index is 15.8. The van der Waals surface area contributed by atoms with Crippen LogP contribution in [0.2, 0.25) is 0 Å². The van der Waals surface area contributed by atoms with Crippen molar-refractivity contribution < 1.29 is 124 Å². The van der Waals surface area contributed by atoms with Crippen LogP contribution in [0.5, 0.6) is 0 Å². The molecule has 7 atom stereocenters. The van der Waals surface area contributed by atoms with Gasteiger partial charge in [-0.1, -0.05) is 78.9 Å². The lowest BCUT2D eigenvalue weighted by Gasteiger charge is -2.51. The molecule has 0 aromatic rings. The fraction of sp³-hybridized carbons (Fsp3) is 0.391. The summed E-state index contributed by atoms with van der Waals surface area (Å²) >= 11 is 0. The van der Waals surface area contributed by atoms with Crippen LogP contribution in [0, 0.1) is 5.41 Å². The van der Waals surface area contributed by atoms with E-state index in [0.29, 0.717) is 0 Å². The van der Waals surface area contributed by atoms with Crippen molar-refractivity contribution in [1.82, 2.24) is 0 Å². The second kappa shape index (κ2) is 36.1. The molecule has 0 fully saturated rings. The fourth-order valence-electron chi connectivity index (χ4n) is 6.98. The van der Waals surface area contributed by atoms with Crippen LogP contribution in [-0.4, -0.2) is 158 Å². The molecule has 0 aliphatic heterocycles. The van der Waals surface area contributed by atoms with Gasteiger partial charge in [-0.05, 0) is 83.1 Å². The van der Waals surface area contributed by atoms with E-state index in [9.17, 15) is 57.8 Å². The van der Waals surface area contributed by atoms with E-state index < -0.39 is 220 Å². The Morgan fingerprint density at radius 1 is 0.300 bits per heavy atom. The highest BCUT2D eigenvalue weighted by Gasteiger charge is 2.68. The third-order valence-corrected chi connectivity index (χ3v) is 11.6. The van der Waals surface area contributed by atoms with E-state index in [1.807, 2.05) is 0 Å². The molecule has 0 aromatic carbocycles. The quantitative estimate of drug-likeness (QED) is 0.0399. The van der Waals surface area contributed by atoms with E-state index in [2.05, 4.69) is 78.9 Å². The van der Waals surface area contributed by atoms with Crippen LogP contribution >= 0.6 is 0 Å². The molecule has 0 bridgehead atoms. The number of aliphatic carboxylic acids is 1. The van der Waals surface area contributed by atoms with Gasteiger partial charge in [0.2, 0.25) is 0 Å². The van der Waals surface area contributed by atoms with Gasteiger partial charge in [0.05, 0.1) is 5.57 Å². The second-order valence-corrected chi connectivity index (χ2v) is 20.6. The van der Waals surface area contributed by atoms with Crippen LogP contribution in [0.4, 0.5) is 0 Å². The van der Waals surface area contributed by atoms with Gasteiger partial charge in [-0.3, -0.25) is 0 Å². The van der Waals surface area contributed by atoms with Crippen molar-refractivity contribution >= 4 is 77.6 Å². The molecule has 0 saturated carbocycles. The number of ether oxygens (including phenoxy) is 12. The molecule has 0 saturated heterocycles. The number of esters is 12. The molecule has 1 N–H and O–H groups in total. The number of carbonyl (C=O) groups is 13. The summed E-state index contributed by atoms with van der Waals surface area (Å²) in [4.78, 5) is 186. The third kappa shape index (κ3) is 23.8. The Balaban J connectivity index is 12.6. The Morgan fingerprint density at radius 3 is 0.811 bits per heavy atom. The maximum Gasteiger partial charge on any atom is 0.333 e. The Labute approximate surface area is 521 Å². The van der Waals surface area contributed by atoms with Crippen molar-refractivity contribution in [2.24, 2.45) is 5.41 Å². The summed E-state index contributed by atoms with van der Waals surface area (Å²) in [6.45, 7) is 47.8. The van der Waals surface area contributed by atoms with Crippen molar-refractivity contribution in [1.29, 1.82) is 0 Å². The van der Waals surface area contributed by atoms with Gasteiger partial charge in [0.1, 0.15) is 38.4 Å². The molecule has 0 aliphatic rings. The number of rotatable bonds is 38. The lowest BCUT2D eigenvalue weighted by Crippen LogP contribution is -2.68. The molecule has 0 spiro atoms. The Hall–Kier alpha value is -10.3. The number of carbonyl (C=O) groups excluding carboxylic acids is 12. The Kier molecular flexibility index (Phi) is 32.0. The van der Waals surface area contributed by atoms with Crippen LogP contribution < -0.4 is 0 Å². The normalized spacial score (nSPS) is 13.4. The number of carboxylic acid groups (broad SMARTS) is 1. The van der Waals surface area contributed by atoms with Gasteiger partial charge in [-0.25, -0.2) is 62.3 Å². The lowest BCUT2D eigenvalue weighted by molar-refractivity contribution is -0.232. The van der Waals surface area contributed by atoms with Crippen molar-refractivity contribution in [2.45, 2.75) is 126 Å². The number of carboxylic acids is 1. The van der Waals surface area contributed by atoms with E-state index in [-0.39, 0.29) is 16.7 Å². The molecule has 0 amide bonds. The molecule has 90 heavy (non-hydrogen) atoms. The molecule has 0 radical (unpaired) electrons. The van der Waals surface area contributed by atoms with Gasteiger partial charge in [-0.15, -0.1) is 0 Å². The summed E-state index contributed by atoms with van der Waals surface area (Å²) in [6.07, 6.45) is -20.5. The summed E-state index contributed by atoms with van der Waals surface area (Å²) in [5.74, 6) is -20.5. The molecule has 490 valence electrons. The van der Waals surface area contributed by atoms with Gasteiger partial charge in [0.25, 0.3) is 0 Å². The summed E-state index contributed by atoms with van der Waals surface area (Å²) in [6, 6.07) is 0. The maximum absolute atomic E-state index is 15.8. The highest BCUT2D eigenvalue weighted by atomic mass is 16.6. The van der Waals surface area contributed by atoms with Crippen LogP contribution in [0.1, 0.15) is 83.1 Å². The first-order valence-corrected chi connectivity index (χ1v) is 26.6. The topological polar surface area (TPSA) is 353 Å². The Bertz CT molecular complexity index is 2990. The minimum Gasteiger partial charge on any atom is -0.478 e. The van der Waals surface area contributed by atoms with Gasteiger partial charge >= 0.3 is 77.6 Å². The second-order valence-electron chi connectivity index (χ2n) is 20.6. The first-order chi connectivity index (χ1) is 41.4. The third-order valence-electron chi connectivity index (χ3n) is 11.6.